The van der Waals surface area contributed by atoms with Crippen LogP contribution in [0.25, 0.3) is 0 Å². The second-order valence-electron chi connectivity index (χ2n) is 6.27. The molecule has 1 saturated heterocycles. The lowest BCUT2D eigenvalue weighted by Crippen LogP contribution is -2.40. The molecule has 8 nitrogen and oxygen atoms in total. The maximum absolute atomic E-state index is 12.6. The first kappa shape index (κ1) is 22.5. The topological polar surface area (TPSA) is 102 Å². The minimum absolute atomic E-state index is 0.0432. The summed E-state index contributed by atoms with van der Waals surface area (Å²) in [6, 6.07) is 10.2. The standard InChI is InChI=1S/C19H18Cl2N2O6S/c20-16-3-1-2-15(18(16)21)19(25)29-12-17(24)22-13-4-6-14(7-5-13)30(26,27)23-8-10-28-11-9-23/h1-7H,8-12H2,(H,22,24). The van der Waals surface area contributed by atoms with Crippen molar-refractivity contribution in [3.63, 3.8) is 0 Å². The molecule has 2 aromatic carbocycles. The number of rotatable bonds is 6. The van der Waals surface area contributed by atoms with Crippen LogP contribution in [-0.4, -0.2) is 57.5 Å². The molecule has 1 fully saturated rings. The third-order valence-corrected chi connectivity index (χ3v) is 6.98. The molecule has 0 spiro atoms. The van der Waals surface area contributed by atoms with Gasteiger partial charge >= 0.3 is 5.97 Å². The highest BCUT2D eigenvalue weighted by Crippen LogP contribution is 2.26. The second kappa shape index (κ2) is 9.76. The summed E-state index contributed by atoms with van der Waals surface area (Å²) in [6.45, 7) is 0.750. The second-order valence-corrected chi connectivity index (χ2v) is 8.99. The zero-order valence-electron chi connectivity index (χ0n) is 15.6. The fraction of sp³-hybridized carbons (Fsp3) is 0.263. The van der Waals surface area contributed by atoms with Gasteiger partial charge in [-0.25, -0.2) is 13.2 Å². The number of anilines is 1. The Bertz CT molecular complexity index is 1040. The fourth-order valence-corrected chi connectivity index (χ4v) is 4.50. The molecule has 3 rings (SSSR count). The van der Waals surface area contributed by atoms with Gasteiger partial charge < -0.3 is 14.8 Å². The fourth-order valence-electron chi connectivity index (χ4n) is 2.71. The summed E-state index contributed by atoms with van der Waals surface area (Å²) in [5, 5.41) is 2.77. The number of benzene rings is 2. The van der Waals surface area contributed by atoms with E-state index >= 15 is 0 Å². The Hall–Kier alpha value is -2.17. The lowest BCUT2D eigenvalue weighted by molar-refractivity contribution is -0.119. The molecule has 0 aromatic heterocycles. The zero-order valence-corrected chi connectivity index (χ0v) is 18.0. The van der Waals surface area contributed by atoms with Crippen molar-refractivity contribution in [1.29, 1.82) is 0 Å². The van der Waals surface area contributed by atoms with Gasteiger partial charge in [0.2, 0.25) is 10.0 Å². The molecule has 0 bridgehead atoms. The van der Waals surface area contributed by atoms with Crippen molar-refractivity contribution >= 4 is 50.8 Å². The number of hydrogen-bond donors (Lipinski definition) is 1. The molecule has 0 radical (unpaired) electrons. The van der Waals surface area contributed by atoms with Crippen molar-refractivity contribution in [2.75, 3.05) is 38.2 Å². The maximum atomic E-state index is 12.6. The number of sulfonamides is 1. The molecule has 1 aliphatic heterocycles. The van der Waals surface area contributed by atoms with Gasteiger partial charge in [-0.15, -0.1) is 0 Å². The number of amides is 1. The van der Waals surface area contributed by atoms with Gasteiger partial charge in [0.15, 0.2) is 6.61 Å². The van der Waals surface area contributed by atoms with Crippen LogP contribution in [0, 0.1) is 0 Å². The van der Waals surface area contributed by atoms with Crippen LogP contribution in [0.2, 0.25) is 10.0 Å². The highest BCUT2D eigenvalue weighted by molar-refractivity contribution is 7.89. The maximum Gasteiger partial charge on any atom is 0.340 e. The number of halogens is 2. The summed E-state index contributed by atoms with van der Waals surface area (Å²) in [7, 11) is -3.62. The number of hydrogen-bond acceptors (Lipinski definition) is 6. The van der Waals surface area contributed by atoms with Crippen molar-refractivity contribution in [3.8, 4) is 0 Å². The molecule has 0 aliphatic carbocycles. The Labute approximate surface area is 183 Å². The number of nitrogens with one attached hydrogen (secondary N) is 1. The van der Waals surface area contributed by atoms with Crippen LogP contribution in [0.3, 0.4) is 0 Å². The van der Waals surface area contributed by atoms with E-state index in [4.69, 9.17) is 32.7 Å². The molecule has 1 N–H and O–H groups in total. The molecule has 11 heteroatoms. The van der Waals surface area contributed by atoms with Crippen molar-refractivity contribution in [2.24, 2.45) is 0 Å². The quantitative estimate of drug-likeness (QED) is 0.648. The van der Waals surface area contributed by atoms with Crippen molar-refractivity contribution < 1.29 is 27.5 Å². The van der Waals surface area contributed by atoms with Crippen molar-refractivity contribution in [1.82, 2.24) is 4.31 Å². The van der Waals surface area contributed by atoms with E-state index in [1.54, 1.807) is 0 Å². The van der Waals surface area contributed by atoms with E-state index < -0.39 is 28.5 Å². The van der Waals surface area contributed by atoms with Gasteiger partial charge in [-0.05, 0) is 36.4 Å². The number of nitrogens with zero attached hydrogens (tertiary/aromatic N) is 1. The van der Waals surface area contributed by atoms with E-state index in [0.29, 0.717) is 32.0 Å². The molecule has 0 saturated carbocycles. The molecular formula is C19H18Cl2N2O6S. The minimum Gasteiger partial charge on any atom is -0.452 e. The molecule has 0 atom stereocenters. The van der Waals surface area contributed by atoms with Crippen LogP contribution in [0.1, 0.15) is 10.4 Å². The first-order valence-electron chi connectivity index (χ1n) is 8.88. The summed E-state index contributed by atoms with van der Waals surface area (Å²) in [4.78, 5) is 24.2. The van der Waals surface area contributed by atoms with Crippen LogP contribution in [0.4, 0.5) is 5.69 Å². The summed E-state index contributed by atoms with van der Waals surface area (Å²) in [5.41, 5.74) is 0.410. The first-order valence-corrected chi connectivity index (χ1v) is 11.1. The van der Waals surface area contributed by atoms with Crippen molar-refractivity contribution in [2.45, 2.75) is 4.90 Å². The molecular weight excluding hydrogens is 455 g/mol. The van der Waals surface area contributed by atoms with E-state index in [9.17, 15) is 18.0 Å². The molecule has 0 unspecified atom stereocenters. The number of carbonyl (C=O) groups excluding carboxylic acids is 2. The number of carbonyl (C=O) groups is 2. The Morgan fingerprint density at radius 1 is 1.07 bits per heavy atom. The van der Waals surface area contributed by atoms with Gasteiger partial charge in [-0.3, -0.25) is 4.79 Å². The highest BCUT2D eigenvalue weighted by atomic mass is 35.5. The van der Waals surface area contributed by atoms with Crippen LogP contribution in [0.15, 0.2) is 47.4 Å². The van der Waals surface area contributed by atoms with Gasteiger partial charge in [-0.2, -0.15) is 4.31 Å². The molecule has 1 heterocycles. The number of esters is 1. The van der Waals surface area contributed by atoms with Gasteiger partial charge in [0.1, 0.15) is 0 Å². The Morgan fingerprint density at radius 3 is 2.40 bits per heavy atom. The van der Waals surface area contributed by atoms with Gasteiger partial charge in [-0.1, -0.05) is 29.3 Å². The van der Waals surface area contributed by atoms with Gasteiger partial charge in [0.25, 0.3) is 5.91 Å². The lowest BCUT2D eigenvalue weighted by Gasteiger charge is -2.26. The zero-order chi connectivity index (χ0) is 21.7. The third-order valence-electron chi connectivity index (χ3n) is 4.25. The van der Waals surface area contributed by atoms with Crippen LogP contribution >= 0.6 is 23.2 Å². The third kappa shape index (κ3) is 5.30. The Morgan fingerprint density at radius 2 is 1.73 bits per heavy atom. The normalized spacial score (nSPS) is 14.9. The smallest absolute Gasteiger partial charge is 0.340 e. The summed E-state index contributed by atoms with van der Waals surface area (Å²) >= 11 is 11.8. The number of ether oxygens (including phenoxy) is 2. The average molecular weight is 473 g/mol. The van der Waals surface area contributed by atoms with Crippen LogP contribution in [0.5, 0.6) is 0 Å². The molecule has 2 aromatic rings. The predicted octanol–water partition coefficient (Wildman–Crippen LogP) is 2.81. The molecule has 1 amide bonds. The monoisotopic (exact) mass is 472 g/mol. The molecule has 160 valence electrons. The first-order chi connectivity index (χ1) is 14.3. The van der Waals surface area contributed by atoms with Crippen molar-refractivity contribution in [3.05, 3.63) is 58.1 Å². The average Bonchev–Trinajstić information content (AvgIpc) is 2.75. The van der Waals surface area contributed by atoms with Gasteiger partial charge in [0.05, 0.1) is 33.7 Å². The van der Waals surface area contributed by atoms with E-state index in [2.05, 4.69) is 5.32 Å². The largest absolute Gasteiger partial charge is 0.452 e. The van der Waals surface area contributed by atoms with Crippen LogP contribution in [-0.2, 0) is 24.3 Å². The lowest BCUT2D eigenvalue weighted by atomic mass is 10.2. The van der Waals surface area contributed by atoms with Gasteiger partial charge in [0, 0.05) is 18.8 Å². The van der Waals surface area contributed by atoms with Crippen LogP contribution < -0.4 is 5.32 Å². The predicted molar refractivity (Wildman–Crippen MR) is 111 cm³/mol. The Balaban J connectivity index is 1.57. The summed E-state index contributed by atoms with van der Waals surface area (Å²) in [6.07, 6.45) is 0. The molecule has 1 aliphatic rings. The van der Waals surface area contributed by atoms with E-state index in [1.807, 2.05) is 0 Å². The van der Waals surface area contributed by atoms with E-state index in [-0.39, 0.29) is 20.5 Å². The van der Waals surface area contributed by atoms with E-state index in [1.165, 1.54) is 46.8 Å². The molecule has 30 heavy (non-hydrogen) atoms. The minimum atomic E-state index is -3.62. The number of morpholine rings is 1. The van der Waals surface area contributed by atoms with E-state index in [0.717, 1.165) is 0 Å². The SMILES string of the molecule is O=C(COC(=O)c1cccc(Cl)c1Cl)Nc1ccc(S(=O)(=O)N2CCOCC2)cc1. The Kier molecular flexibility index (Phi) is 7.32. The summed E-state index contributed by atoms with van der Waals surface area (Å²) < 4.78 is 36.6. The summed E-state index contributed by atoms with van der Waals surface area (Å²) in [5.74, 6) is -1.38. The highest BCUT2D eigenvalue weighted by Gasteiger charge is 2.26.